The van der Waals surface area contributed by atoms with Crippen LogP contribution in [-0.4, -0.2) is 23.0 Å². The van der Waals surface area contributed by atoms with Crippen LogP contribution in [-0.2, 0) is 15.0 Å². The van der Waals surface area contributed by atoms with Gasteiger partial charge >= 0.3 is 5.97 Å². The van der Waals surface area contributed by atoms with Gasteiger partial charge in [-0.15, -0.1) is 0 Å². The second-order valence-electron chi connectivity index (χ2n) is 5.64. The van der Waals surface area contributed by atoms with Gasteiger partial charge in [0.1, 0.15) is 0 Å². The first-order chi connectivity index (χ1) is 9.16. The zero-order valence-electron chi connectivity index (χ0n) is 12.3. The van der Waals surface area contributed by atoms with Crippen molar-refractivity contribution in [3.05, 3.63) is 29.8 Å². The van der Waals surface area contributed by atoms with Crippen LogP contribution in [0.1, 0.15) is 33.3 Å². The smallest absolute Gasteiger partial charge is 0.313 e. The molecule has 5 nitrogen and oxygen atoms in total. The molecule has 0 aliphatic carbocycles. The van der Waals surface area contributed by atoms with Gasteiger partial charge in [0, 0.05) is 11.7 Å². The molecule has 0 saturated heterocycles. The van der Waals surface area contributed by atoms with E-state index in [1.165, 1.54) is 0 Å². The molecule has 0 radical (unpaired) electrons. The van der Waals surface area contributed by atoms with Gasteiger partial charge in [0.25, 0.3) is 0 Å². The molecule has 0 spiro atoms. The van der Waals surface area contributed by atoms with Gasteiger partial charge < -0.3 is 16.2 Å². The first-order valence-corrected chi connectivity index (χ1v) is 6.56. The van der Waals surface area contributed by atoms with Gasteiger partial charge in [-0.25, -0.2) is 0 Å². The van der Waals surface area contributed by atoms with Gasteiger partial charge in [-0.2, -0.15) is 0 Å². The maximum Gasteiger partial charge on any atom is 0.313 e. The lowest BCUT2D eigenvalue weighted by Gasteiger charge is -2.20. The Morgan fingerprint density at radius 2 is 1.70 bits per heavy atom. The number of nitrogens with two attached hydrogens (primary N) is 1. The third-order valence-electron chi connectivity index (χ3n) is 3.61. The van der Waals surface area contributed by atoms with Crippen LogP contribution in [0.25, 0.3) is 0 Å². The lowest BCUT2D eigenvalue weighted by Crippen LogP contribution is -2.34. The summed E-state index contributed by atoms with van der Waals surface area (Å²) in [6, 6.07) is 6.60. The van der Waals surface area contributed by atoms with Crippen LogP contribution in [0, 0.1) is 5.92 Å². The molecule has 2 atom stereocenters. The fourth-order valence-electron chi connectivity index (χ4n) is 1.59. The molecule has 1 amide bonds. The Morgan fingerprint density at radius 3 is 2.10 bits per heavy atom. The van der Waals surface area contributed by atoms with Gasteiger partial charge in [-0.3, -0.25) is 9.59 Å². The Hall–Kier alpha value is -1.88. The molecule has 1 aromatic rings. The van der Waals surface area contributed by atoms with Crippen molar-refractivity contribution in [1.82, 2.24) is 0 Å². The van der Waals surface area contributed by atoms with Crippen LogP contribution >= 0.6 is 0 Å². The number of carboxylic acid groups (broad SMARTS) is 1. The van der Waals surface area contributed by atoms with E-state index in [1.807, 2.05) is 0 Å². The predicted octanol–water partition coefficient (Wildman–Crippen LogP) is 1.97. The van der Waals surface area contributed by atoms with Crippen LogP contribution < -0.4 is 11.1 Å². The van der Waals surface area contributed by atoms with Crippen LogP contribution in [0.4, 0.5) is 5.69 Å². The highest BCUT2D eigenvalue weighted by molar-refractivity contribution is 5.92. The maximum absolute atomic E-state index is 11.9. The Balaban J connectivity index is 2.83. The number of carbonyl (C=O) groups is 2. The zero-order valence-corrected chi connectivity index (χ0v) is 12.3. The highest BCUT2D eigenvalue weighted by Gasteiger charge is 2.29. The zero-order chi connectivity index (χ0) is 15.5. The van der Waals surface area contributed by atoms with Crippen molar-refractivity contribution in [3.8, 4) is 0 Å². The number of hydrogen-bond donors (Lipinski definition) is 3. The van der Waals surface area contributed by atoms with Crippen molar-refractivity contribution in [1.29, 1.82) is 0 Å². The van der Waals surface area contributed by atoms with Gasteiger partial charge in [0.15, 0.2) is 0 Å². The molecule has 0 aliphatic rings. The van der Waals surface area contributed by atoms with Crippen molar-refractivity contribution in [3.63, 3.8) is 0 Å². The summed E-state index contributed by atoms with van der Waals surface area (Å²) < 4.78 is 0. The van der Waals surface area contributed by atoms with Gasteiger partial charge in [0.05, 0.1) is 11.3 Å². The summed E-state index contributed by atoms with van der Waals surface area (Å²) in [6.45, 7) is 6.83. The Kier molecular flexibility index (Phi) is 4.89. The first-order valence-electron chi connectivity index (χ1n) is 6.56. The standard InChI is InChI=1S/C15H22N2O3/c1-9(10(2)16)13(18)17-12-7-5-11(6-8-12)15(3,4)14(19)20/h5-10H,16H2,1-4H3,(H,17,18)(H,19,20). The molecule has 2 unspecified atom stereocenters. The van der Waals surface area contributed by atoms with E-state index in [4.69, 9.17) is 10.8 Å². The number of carboxylic acids is 1. The van der Waals surface area contributed by atoms with Crippen LogP contribution in [0.3, 0.4) is 0 Å². The van der Waals surface area contributed by atoms with Crippen molar-refractivity contribution in [2.75, 3.05) is 5.32 Å². The summed E-state index contributed by atoms with van der Waals surface area (Å²) in [7, 11) is 0. The highest BCUT2D eigenvalue weighted by Crippen LogP contribution is 2.25. The summed E-state index contributed by atoms with van der Waals surface area (Å²) in [5, 5.41) is 11.9. The van der Waals surface area contributed by atoms with E-state index in [-0.39, 0.29) is 17.9 Å². The molecule has 5 heteroatoms. The fourth-order valence-corrected chi connectivity index (χ4v) is 1.59. The third-order valence-corrected chi connectivity index (χ3v) is 3.61. The number of amides is 1. The Morgan fingerprint density at radius 1 is 1.20 bits per heavy atom. The van der Waals surface area contributed by atoms with E-state index in [2.05, 4.69) is 5.32 Å². The largest absolute Gasteiger partial charge is 0.481 e. The summed E-state index contributed by atoms with van der Waals surface area (Å²) in [5.41, 5.74) is 6.04. The molecule has 110 valence electrons. The Labute approximate surface area is 119 Å². The molecule has 20 heavy (non-hydrogen) atoms. The number of aliphatic carboxylic acids is 1. The fraction of sp³-hybridized carbons (Fsp3) is 0.467. The number of hydrogen-bond acceptors (Lipinski definition) is 3. The number of anilines is 1. The molecular weight excluding hydrogens is 256 g/mol. The van der Waals surface area contributed by atoms with Crippen LogP contribution in [0.15, 0.2) is 24.3 Å². The molecular formula is C15H22N2O3. The first kappa shape index (κ1) is 16.2. The summed E-state index contributed by atoms with van der Waals surface area (Å²) in [4.78, 5) is 23.0. The third kappa shape index (κ3) is 3.57. The van der Waals surface area contributed by atoms with Crippen LogP contribution in [0.5, 0.6) is 0 Å². The van der Waals surface area contributed by atoms with Crippen molar-refractivity contribution in [2.24, 2.45) is 11.7 Å². The number of benzene rings is 1. The second-order valence-corrected chi connectivity index (χ2v) is 5.64. The normalized spacial score (nSPS) is 14.4. The van der Waals surface area contributed by atoms with Gasteiger partial charge in [-0.05, 0) is 38.5 Å². The maximum atomic E-state index is 11.9. The molecule has 0 bridgehead atoms. The van der Waals surface area contributed by atoms with E-state index in [0.717, 1.165) is 0 Å². The molecule has 1 rings (SSSR count). The van der Waals surface area contributed by atoms with Gasteiger partial charge in [-0.1, -0.05) is 19.1 Å². The van der Waals surface area contributed by atoms with E-state index in [9.17, 15) is 9.59 Å². The van der Waals surface area contributed by atoms with Crippen molar-refractivity contribution in [2.45, 2.75) is 39.2 Å². The van der Waals surface area contributed by atoms with Crippen molar-refractivity contribution < 1.29 is 14.7 Å². The summed E-state index contributed by atoms with van der Waals surface area (Å²) in [5.74, 6) is -1.32. The average Bonchev–Trinajstić information content (AvgIpc) is 2.38. The van der Waals surface area contributed by atoms with E-state index in [1.54, 1.807) is 52.0 Å². The average molecular weight is 278 g/mol. The van der Waals surface area contributed by atoms with E-state index < -0.39 is 11.4 Å². The number of carbonyl (C=O) groups excluding carboxylic acids is 1. The SMILES string of the molecule is CC(N)C(C)C(=O)Nc1ccc(C(C)(C)C(=O)O)cc1. The van der Waals surface area contributed by atoms with Crippen molar-refractivity contribution >= 4 is 17.6 Å². The molecule has 0 aromatic heterocycles. The molecule has 1 aromatic carbocycles. The lowest BCUT2D eigenvalue weighted by atomic mass is 9.85. The molecule has 4 N–H and O–H groups in total. The molecule has 0 fully saturated rings. The molecule has 0 heterocycles. The lowest BCUT2D eigenvalue weighted by molar-refractivity contribution is -0.142. The summed E-state index contributed by atoms with van der Waals surface area (Å²) in [6.07, 6.45) is 0. The molecule has 0 saturated carbocycles. The monoisotopic (exact) mass is 278 g/mol. The minimum Gasteiger partial charge on any atom is -0.481 e. The minimum atomic E-state index is -0.957. The predicted molar refractivity (Wildman–Crippen MR) is 78.5 cm³/mol. The quantitative estimate of drug-likeness (QED) is 0.767. The molecule has 0 aliphatic heterocycles. The Bertz CT molecular complexity index is 492. The summed E-state index contributed by atoms with van der Waals surface area (Å²) >= 11 is 0. The minimum absolute atomic E-state index is 0.148. The number of nitrogens with one attached hydrogen (secondary N) is 1. The van der Waals surface area contributed by atoms with Gasteiger partial charge in [0.2, 0.25) is 5.91 Å². The highest BCUT2D eigenvalue weighted by atomic mass is 16.4. The second kappa shape index (κ2) is 6.05. The van der Waals surface area contributed by atoms with E-state index in [0.29, 0.717) is 11.3 Å². The van der Waals surface area contributed by atoms with Crippen LogP contribution in [0.2, 0.25) is 0 Å². The van der Waals surface area contributed by atoms with E-state index >= 15 is 0 Å². The topological polar surface area (TPSA) is 92.4 Å². The number of rotatable bonds is 5.